The number of fused-ring (bicyclic) bond motifs is 4. The van der Waals surface area contributed by atoms with Gasteiger partial charge in [-0.15, -0.1) is 0 Å². The first-order valence-electron chi connectivity index (χ1n) is 26.3. The number of hydrogen-bond donors (Lipinski definition) is 0. The molecule has 4 aliphatic rings. The Hall–Kier alpha value is -7.52. The van der Waals surface area contributed by atoms with E-state index >= 15 is 0 Å². The summed E-state index contributed by atoms with van der Waals surface area (Å²) in [6, 6.07) is 56.5. The maximum absolute atomic E-state index is 7.13. The van der Waals surface area contributed by atoms with Crippen LogP contribution in [-0.4, -0.2) is 39.6 Å². The Balaban J connectivity index is 1.17. The Kier molecular flexibility index (Phi) is 15.2. The highest BCUT2D eigenvalue weighted by atomic mass is 16.5. The quantitative estimate of drug-likeness (QED) is 0.126. The minimum Gasteiger partial charge on any atom is -0.491 e. The third-order valence-corrected chi connectivity index (χ3v) is 14.2. The lowest BCUT2D eigenvalue weighted by molar-refractivity contribution is 0.109. The second-order valence-electron chi connectivity index (χ2n) is 19.4. The third-order valence-electron chi connectivity index (χ3n) is 14.2. The van der Waals surface area contributed by atoms with Crippen LogP contribution in [-0.2, 0) is 74.4 Å². The van der Waals surface area contributed by atoms with Gasteiger partial charge in [0, 0.05) is 51.7 Å². The molecule has 0 aromatic heterocycles. The minimum atomic E-state index is 0.374. The first-order chi connectivity index (χ1) is 36.6. The van der Waals surface area contributed by atoms with E-state index in [1.54, 1.807) is 0 Å². The minimum absolute atomic E-state index is 0.374. The van der Waals surface area contributed by atoms with E-state index in [0.29, 0.717) is 105 Å². The van der Waals surface area contributed by atoms with Crippen molar-refractivity contribution in [2.24, 2.45) is 0 Å². The molecule has 0 saturated carbocycles. The zero-order valence-electron chi connectivity index (χ0n) is 42.6. The molecule has 0 amide bonds. The van der Waals surface area contributed by atoms with E-state index in [0.717, 1.165) is 124 Å². The molecule has 0 atom stereocenters. The predicted octanol–water partition coefficient (Wildman–Crippen LogP) is 13.3. The van der Waals surface area contributed by atoms with Crippen LogP contribution in [0.1, 0.15) is 103 Å². The molecule has 8 nitrogen and oxygen atoms in total. The van der Waals surface area contributed by atoms with E-state index in [9.17, 15) is 0 Å². The second-order valence-corrected chi connectivity index (χ2v) is 19.4. The normalized spacial score (nSPS) is 13.9. The zero-order valence-corrected chi connectivity index (χ0v) is 42.6. The highest BCUT2D eigenvalue weighted by Gasteiger charge is 2.24. The van der Waals surface area contributed by atoms with E-state index < -0.39 is 0 Å². The van der Waals surface area contributed by atoms with E-state index in [-0.39, 0.29) is 0 Å². The highest BCUT2D eigenvalue weighted by Crippen LogP contribution is 2.41. The van der Waals surface area contributed by atoms with Gasteiger partial charge in [0.2, 0.25) is 0 Å². The lowest BCUT2D eigenvalue weighted by Crippen LogP contribution is -2.12. The van der Waals surface area contributed by atoms with Crippen molar-refractivity contribution in [2.75, 3.05) is 39.6 Å². The molecule has 0 unspecified atom stereocenters. The fourth-order valence-electron chi connectivity index (χ4n) is 10.8. The van der Waals surface area contributed by atoms with Gasteiger partial charge in [0.25, 0.3) is 0 Å². The summed E-state index contributed by atoms with van der Waals surface area (Å²) < 4.78 is 53.8. The van der Waals surface area contributed by atoms with Crippen molar-refractivity contribution in [2.45, 2.75) is 78.8 Å². The van der Waals surface area contributed by atoms with Crippen molar-refractivity contribution in [1.29, 1.82) is 0 Å². The summed E-state index contributed by atoms with van der Waals surface area (Å²) in [5.41, 5.74) is 17.1. The zero-order chi connectivity index (χ0) is 50.1. The van der Waals surface area contributed by atoms with Crippen molar-refractivity contribution < 1.29 is 37.9 Å². The number of benzene rings is 8. The molecule has 0 spiro atoms. The summed E-state index contributed by atoms with van der Waals surface area (Å²) in [4.78, 5) is 0. The molecular formula is C66H64O8. The van der Waals surface area contributed by atoms with Gasteiger partial charge in [-0.05, 0) is 115 Å². The number of rotatable bonds is 10. The summed E-state index contributed by atoms with van der Waals surface area (Å²) in [6.45, 7) is 8.58. The van der Waals surface area contributed by atoms with Crippen molar-refractivity contribution in [3.05, 3.63) is 247 Å². The van der Waals surface area contributed by atoms with Gasteiger partial charge in [0.1, 0.15) is 74.1 Å². The predicted molar refractivity (Wildman–Crippen MR) is 290 cm³/mol. The summed E-state index contributed by atoms with van der Waals surface area (Å²) in [5, 5.41) is 0. The summed E-state index contributed by atoms with van der Waals surface area (Å²) >= 11 is 0. The van der Waals surface area contributed by atoms with Crippen molar-refractivity contribution in [1.82, 2.24) is 0 Å². The molecule has 376 valence electrons. The number of hydrogen-bond acceptors (Lipinski definition) is 8. The van der Waals surface area contributed by atoms with Crippen LogP contribution < -0.4 is 28.4 Å². The summed E-state index contributed by atoms with van der Waals surface area (Å²) in [7, 11) is 0. The average Bonchev–Trinajstić information content (AvgIpc) is 3.41. The van der Waals surface area contributed by atoms with Gasteiger partial charge in [0.15, 0.2) is 0 Å². The lowest BCUT2D eigenvalue weighted by Gasteiger charge is -2.23. The van der Waals surface area contributed by atoms with Crippen molar-refractivity contribution in [3.63, 3.8) is 0 Å². The molecule has 8 aromatic carbocycles. The summed E-state index contributed by atoms with van der Waals surface area (Å²) in [6.07, 6.45) is 3.50. The molecule has 0 aliphatic carbocycles. The standard InChI is InChI=1S/C66H64O8/c1-3-67-29-31-69-61-49-17-7-18-50(61)36-54-22-10-26-58-40-60-28-12-24-56-38-52-20-8-19-51(62(52)70-32-30-68-4-2)37-55-23-11-27-59(65(55)73-43-47-15-6-16-48(34-47)44-74-66(56)60)39-57-25-9-21-53(35-49)63(57)71-41-45-13-5-14-46(33-45)42-72-64(54)58/h5-28,33-34H,3-4,29-32,35-44H2,1-2H3. The van der Waals surface area contributed by atoms with Crippen LogP contribution >= 0.6 is 0 Å². The Morgan fingerprint density at radius 1 is 0.297 bits per heavy atom. The molecule has 0 radical (unpaired) electrons. The monoisotopic (exact) mass is 984 g/mol. The Morgan fingerprint density at radius 2 is 0.527 bits per heavy atom. The van der Waals surface area contributed by atoms with Crippen LogP contribution in [0.5, 0.6) is 34.5 Å². The van der Waals surface area contributed by atoms with Gasteiger partial charge >= 0.3 is 0 Å². The van der Waals surface area contributed by atoms with E-state index in [1.807, 2.05) is 13.8 Å². The van der Waals surface area contributed by atoms with Crippen molar-refractivity contribution in [3.8, 4) is 34.5 Å². The van der Waals surface area contributed by atoms with Gasteiger partial charge in [-0.2, -0.15) is 0 Å². The topological polar surface area (TPSA) is 73.8 Å². The largest absolute Gasteiger partial charge is 0.491 e. The molecule has 8 aromatic rings. The van der Waals surface area contributed by atoms with E-state index in [4.69, 9.17) is 37.9 Å². The van der Waals surface area contributed by atoms with E-state index in [2.05, 4.69) is 158 Å². The van der Waals surface area contributed by atoms with Gasteiger partial charge in [-0.25, -0.2) is 0 Å². The molecule has 4 aliphatic heterocycles. The summed E-state index contributed by atoms with van der Waals surface area (Å²) in [5.74, 6) is 5.15. The lowest BCUT2D eigenvalue weighted by atomic mass is 9.91. The van der Waals surface area contributed by atoms with Crippen LogP contribution in [0.3, 0.4) is 0 Å². The van der Waals surface area contributed by atoms with Gasteiger partial charge in [-0.1, -0.05) is 146 Å². The van der Waals surface area contributed by atoms with Crippen LogP contribution in [0.4, 0.5) is 0 Å². The van der Waals surface area contributed by atoms with Gasteiger partial charge < -0.3 is 37.9 Å². The molecule has 0 fully saturated rings. The maximum Gasteiger partial charge on any atom is 0.126 e. The average molecular weight is 985 g/mol. The molecule has 0 N–H and O–H groups in total. The number of ether oxygens (including phenoxy) is 8. The SMILES string of the molecule is CCOCCOc1c2cccc1Cc1cccc3c1OCc1cccc(c1)COc1c(cccc1Cc1cccc4c1OCc1cccc(c1)COc1c(cccc1C3)Cc1cccc(c1OCCOCC)C4)C2. The smallest absolute Gasteiger partial charge is 0.126 e. The van der Waals surface area contributed by atoms with Crippen LogP contribution in [0.2, 0.25) is 0 Å². The van der Waals surface area contributed by atoms with Crippen LogP contribution in [0.15, 0.2) is 158 Å². The van der Waals surface area contributed by atoms with Crippen LogP contribution in [0.25, 0.3) is 0 Å². The first kappa shape index (κ1) is 48.7. The molecule has 4 heterocycles. The second kappa shape index (κ2) is 23.1. The van der Waals surface area contributed by atoms with E-state index in [1.165, 1.54) is 0 Å². The maximum atomic E-state index is 7.13. The fourth-order valence-corrected chi connectivity index (χ4v) is 10.8. The Labute approximate surface area is 435 Å². The fraction of sp³-hybridized carbons (Fsp3) is 0.273. The molecule has 8 heteroatoms. The van der Waals surface area contributed by atoms with Crippen LogP contribution in [0, 0.1) is 0 Å². The highest BCUT2D eigenvalue weighted by molar-refractivity contribution is 5.57. The Bertz CT molecular complexity index is 2850. The molecule has 0 saturated heterocycles. The molecule has 74 heavy (non-hydrogen) atoms. The number of para-hydroxylation sites is 6. The van der Waals surface area contributed by atoms with Gasteiger partial charge in [0.05, 0.1) is 13.2 Å². The Morgan fingerprint density at radius 3 is 0.784 bits per heavy atom. The molecule has 16 bridgehead atoms. The van der Waals surface area contributed by atoms with Crippen molar-refractivity contribution >= 4 is 0 Å². The van der Waals surface area contributed by atoms with Gasteiger partial charge in [-0.3, -0.25) is 0 Å². The first-order valence-corrected chi connectivity index (χ1v) is 26.3. The third kappa shape index (κ3) is 11.2. The molecule has 12 rings (SSSR count). The molecular weight excluding hydrogens is 921 g/mol.